The molecule has 0 bridgehead atoms. The first-order valence-corrected chi connectivity index (χ1v) is 9.13. The Morgan fingerprint density at radius 1 is 1.29 bits per heavy atom. The summed E-state index contributed by atoms with van der Waals surface area (Å²) in [6.07, 6.45) is 2.32. The Labute approximate surface area is 141 Å². The molecule has 0 aliphatic heterocycles. The average Bonchev–Trinajstić information content (AvgIpc) is 3.36. The van der Waals surface area contributed by atoms with Crippen LogP contribution in [0, 0.1) is 0 Å². The number of esters is 1. The third-order valence-corrected chi connectivity index (χ3v) is 4.30. The molecule has 0 aromatic heterocycles. The fourth-order valence-corrected chi connectivity index (χ4v) is 2.53. The SMILES string of the molecule is C[C@@H](OC(=O)CNS(=O)(=O)/C=C/c1ccccc1)C(=O)NC1CC1. The Morgan fingerprint density at radius 3 is 2.58 bits per heavy atom. The summed E-state index contributed by atoms with van der Waals surface area (Å²) in [6, 6.07) is 9.05. The Balaban J connectivity index is 1.77. The third-order valence-electron chi connectivity index (χ3n) is 3.26. The minimum Gasteiger partial charge on any atom is -0.452 e. The molecule has 1 aromatic rings. The lowest BCUT2D eigenvalue weighted by Crippen LogP contribution is -2.39. The lowest BCUT2D eigenvalue weighted by molar-refractivity contribution is -0.153. The van der Waals surface area contributed by atoms with E-state index in [1.54, 1.807) is 24.3 Å². The van der Waals surface area contributed by atoms with E-state index in [1.165, 1.54) is 13.0 Å². The van der Waals surface area contributed by atoms with Gasteiger partial charge in [0.25, 0.3) is 5.91 Å². The summed E-state index contributed by atoms with van der Waals surface area (Å²) in [5, 5.41) is 3.67. The number of carbonyl (C=O) groups is 2. The molecular formula is C16H20N2O5S. The Morgan fingerprint density at radius 2 is 1.96 bits per heavy atom. The Bertz CT molecular complexity index is 711. The zero-order valence-electron chi connectivity index (χ0n) is 13.3. The largest absolute Gasteiger partial charge is 0.452 e. The number of hydrogen-bond acceptors (Lipinski definition) is 5. The summed E-state index contributed by atoms with van der Waals surface area (Å²) in [6.45, 7) is 0.905. The lowest BCUT2D eigenvalue weighted by atomic mass is 10.2. The van der Waals surface area contributed by atoms with Crippen molar-refractivity contribution in [1.29, 1.82) is 0 Å². The molecule has 1 aliphatic carbocycles. The van der Waals surface area contributed by atoms with Crippen LogP contribution in [-0.4, -0.2) is 39.0 Å². The minimum atomic E-state index is -3.77. The topological polar surface area (TPSA) is 102 Å². The van der Waals surface area contributed by atoms with Gasteiger partial charge in [0.2, 0.25) is 10.0 Å². The zero-order chi connectivity index (χ0) is 17.6. The quantitative estimate of drug-likeness (QED) is 0.674. The van der Waals surface area contributed by atoms with Gasteiger partial charge in [0, 0.05) is 11.4 Å². The highest BCUT2D eigenvalue weighted by Gasteiger charge is 2.27. The molecule has 130 valence electrons. The molecule has 7 nitrogen and oxygen atoms in total. The highest BCUT2D eigenvalue weighted by molar-refractivity contribution is 7.92. The summed E-state index contributed by atoms with van der Waals surface area (Å²) < 4.78 is 30.6. The van der Waals surface area contributed by atoms with Gasteiger partial charge in [-0.25, -0.2) is 13.1 Å². The molecule has 1 fully saturated rings. The number of ether oxygens (including phenoxy) is 1. The summed E-state index contributed by atoms with van der Waals surface area (Å²) >= 11 is 0. The van der Waals surface area contributed by atoms with E-state index in [0.29, 0.717) is 0 Å². The molecule has 1 aromatic carbocycles. The molecule has 24 heavy (non-hydrogen) atoms. The smallest absolute Gasteiger partial charge is 0.321 e. The Kier molecular flexibility index (Phi) is 6.10. The molecule has 1 saturated carbocycles. The van der Waals surface area contributed by atoms with Crippen molar-refractivity contribution in [2.24, 2.45) is 0 Å². The first-order chi connectivity index (χ1) is 11.4. The number of sulfonamides is 1. The highest BCUT2D eigenvalue weighted by atomic mass is 32.2. The monoisotopic (exact) mass is 352 g/mol. The zero-order valence-corrected chi connectivity index (χ0v) is 14.1. The third kappa shape index (κ3) is 6.51. The number of benzene rings is 1. The maximum absolute atomic E-state index is 11.8. The number of carbonyl (C=O) groups excluding carboxylic acids is 2. The van der Waals surface area contributed by atoms with E-state index < -0.39 is 28.6 Å². The van der Waals surface area contributed by atoms with Crippen LogP contribution in [0.4, 0.5) is 0 Å². The van der Waals surface area contributed by atoms with Crippen LogP contribution in [-0.2, 0) is 24.3 Å². The van der Waals surface area contributed by atoms with Gasteiger partial charge in [-0.15, -0.1) is 0 Å². The molecule has 1 amide bonds. The van der Waals surface area contributed by atoms with Crippen molar-refractivity contribution in [3.05, 3.63) is 41.3 Å². The van der Waals surface area contributed by atoms with Gasteiger partial charge in [-0.05, 0) is 31.4 Å². The summed E-state index contributed by atoms with van der Waals surface area (Å²) in [4.78, 5) is 23.3. The van der Waals surface area contributed by atoms with E-state index in [2.05, 4.69) is 10.0 Å². The molecule has 1 atom stereocenters. The van der Waals surface area contributed by atoms with Crippen molar-refractivity contribution in [3.8, 4) is 0 Å². The van der Waals surface area contributed by atoms with Gasteiger partial charge in [-0.3, -0.25) is 9.59 Å². The van der Waals surface area contributed by atoms with Gasteiger partial charge >= 0.3 is 5.97 Å². The first kappa shape index (κ1) is 18.2. The van der Waals surface area contributed by atoms with Crippen LogP contribution in [0.2, 0.25) is 0 Å². The molecule has 0 spiro atoms. The fraction of sp³-hybridized carbons (Fsp3) is 0.375. The molecule has 0 radical (unpaired) electrons. The summed E-state index contributed by atoms with van der Waals surface area (Å²) in [5.41, 5.74) is 0.718. The predicted octanol–water partition coefficient (Wildman–Crippen LogP) is 0.787. The highest BCUT2D eigenvalue weighted by Crippen LogP contribution is 2.18. The van der Waals surface area contributed by atoms with E-state index in [9.17, 15) is 18.0 Å². The maximum Gasteiger partial charge on any atom is 0.321 e. The predicted molar refractivity (Wildman–Crippen MR) is 89.1 cm³/mol. The average molecular weight is 352 g/mol. The van der Waals surface area contributed by atoms with Gasteiger partial charge in [0.15, 0.2) is 6.10 Å². The summed E-state index contributed by atoms with van der Waals surface area (Å²) in [5.74, 6) is -1.19. The molecule has 8 heteroatoms. The second-order valence-corrected chi connectivity index (χ2v) is 7.15. The van der Waals surface area contributed by atoms with Gasteiger partial charge < -0.3 is 10.1 Å². The van der Waals surface area contributed by atoms with Crippen LogP contribution in [0.3, 0.4) is 0 Å². The molecule has 2 N–H and O–H groups in total. The van der Waals surface area contributed by atoms with Crippen molar-refractivity contribution in [1.82, 2.24) is 10.0 Å². The van der Waals surface area contributed by atoms with Crippen LogP contribution in [0.5, 0.6) is 0 Å². The van der Waals surface area contributed by atoms with Crippen molar-refractivity contribution in [2.75, 3.05) is 6.54 Å². The van der Waals surface area contributed by atoms with Gasteiger partial charge in [-0.1, -0.05) is 30.3 Å². The molecule has 2 rings (SSSR count). The van der Waals surface area contributed by atoms with E-state index in [0.717, 1.165) is 23.8 Å². The van der Waals surface area contributed by atoms with E-state index in [1.807, 2.05) is 6.07 Å². The Hall–Kier alpha value is -2.19. The van der Waals surface area contributed by atoms with Crippen LogP contribution in [0.15, 0.2) is 35.7 Å². The molecule has 1 aliphatic rings. The van der Waals surface area contributed by atoms with Gasteiger partial charge in [0.1, 0.15) is 6.54 Å². The molecular weight excluding hydrogens is 332 g/mol. The minimum absolute atomic E-state index is 0.167. The first-order valence-electron chi connectivity index (χ1n) is 7.58. The number of hydrogen-bond donors (Lipinski definition) is 2. The van der Waals surface area contributed by atoms with Crippen LogP contribution in [0.1, 0.15) is 25.3 Å². The van der Waals surface area contributed by atoms with E-state index >= 15 is 0 Å². The molecule has 0 heterocycles. The van der Waals surface area contributed by atoms with Crippen molar-refractivity contribution in [2.45, 2.75) is 31.9 Å². The van der Waals surface area contributed by atoms with Crippen molar-refractivity contribution in [3.63, 3.8) is 0 Å². The second kappa shape index (κ2) is 8.07. The molecule has 0 saturated heterocycles. The number of nitrogens with one attached hydrogen (secondary N) is 2. The summed E-state index contributed by atoms with van der Waals surface area (Å²) in [7, 11) is -3.77. The van der Waals surface area contributed by atoms with Crippen LogP contribution < -0.4 is 10.0 Å². The van der Waals surface area contributed by atoms with Crippen molar-refractivity contribution < 1.29 is 22.7 Å². The molecule has 0 unspecified atom stereocenters. The van der Waals surface area contributed by atoms with Crippen LogP contribution >= 0.6 is 0 Å². The van der Waals surface area contributed by atoms with Crippen LogP contribution in [0.25, 0.3) is 6.08 Å². The normalized spacial score (nSPS) is 15.9. The van der Waals surface area contributed by atoms with Gasteiger partial charge in [0.05, 0.1) is 0 Å². The number of rotatable bonds is 8. The van der Waals surface area contributed by atoms with Crippen molar-refractivity contribution >= 4 is 28.0 Å². The lowest BCUT2D eigenvalue weighted by Gasteiger charge is -2.13. The number of amides is 1. The van der Waals surface area contributed by atoms with E-state index in [4.69, 9.17) is 4.74 Å². The maximum atomic E-state index is 11.8. The second-order valence-electron chi connectivity index (χ2n) is 5.49. The fourth-order valence-electron chi connectivity index (χ4n) is 1.78. The van der Waals surface area contributed by atoms with Gasteiger partial charge in [-0.2, -0.15) is 0 Å². The standard InChI is InChI=1S/C16H20N2O5S/c1-12(16(20)18-14-7-8-14)23-15(19)11-17-24(21,22)10-9-13-5-3-2-4-6-13/h2-6,9-10,12,14,17H,7-8,11H2,1H3,(H,18,20)/b10-9+/t12-/m1/s1. The van der Waals surface area contributed by atoms with E-state index in [-0.39, 0.29) is 11.9 Å².